The van der Waals surface area contributed by atoms with Crippen LogP contribution in [0.1, 0.15) is 4.88 Å². The van der Waals surface area contributed by atoms with Crippen LogP contribution in [0.2, 0.25) is 0 Å². The summed E-state index contributed by atoms with van der Waals surface area (Å²) in [5.74, 6) is -0.193. The first-order valence-corrected chi connectivity index (χ1v) is 5.66. The lowest BCUT2D eigenvalue weighted by Gasteiger charge is -1.96. The zero-order valence-corrected chi connectivity index (χ0v) is 9.06. The highest BCUT2D eigenvalue weighted by atomic mass is 32.1. The lowest BCUT2D eigenvalue weighted by Crippen LogP contribution is -2.00. The Balaban J connectivity index is 2.29. The summed E-state index contributed by atoms with van der Waals surface area (Å²) in [5, 5.41) is 0. The Morgan fingerprint density at radius 1 is 1.20 bits per heavy atom. The molecule has 0 aliphatic carbocycles. The number of thiophene rings is 1. The van der Waals surface area contributed by atoms with E-state index in [4.69, 9.17) is 5.73 Å². The smallest absolute Gasteiger partial charge is 0.123 e. The van der Waals surface area contributed by atoms with Crippen molar-refractivity contribution in [2.45, 2.75) is 6.42 Å². The van der Waals surface area contributed by atoms with Crippen LogP contribution < -0.4 is 5.73 Å². The standard InChI is InChI=1S/C12H12FNS/c13-10-3-1-2-9(8-10)12-5-4-11(15-12)6-7-14/h1-5,8H,6-7,14H2. The second-order valence-electron chi connectivity index (χ2n) is 3.31. The van der Waals surface area contributed by atoms with Crippen LogP contribution in [-0.4, -0.2) is 6.54 Å². The lowest BCUT2D eigenvalue weighted by molar-refractivity contribution is 0.628. The Bertz CT molecular complexity index is 450. The van der Waals surface area contributed by atoms with Crippen LogP contribution in [0.3, 0.4) is 0 Å². The third-order valence-electron chi connectivity index (χ3n) is 2.16. The molecule has 0 spiro atoms. The molecule has 0 amide bonds. The SMILES string of the molecule is NCCc1ccc(-c2cccc(F)c2)s1. The molecule has 0 atom stereocenters. The Kier molecular flexibility index (Phi) is 3.14. The number of nitrogens with two attached hydrogens (primary N) is 1. The van der Waals surface area contributed by atoms with E-state index >= 15 is 0 Å². The minimum atomic E-state index is -0.193. The molecule has 0 radical (unpaired) electrons. The van der Waals surface area contributed by atoms with Crippen LogP contribution >= 0.6 is 11.3 Å². The van der Waals surface area contributed by atoms with Gasteiger partial charge in [-0.15, -0.1) is 11.3 Å². The zero-order valence-electron chi connectivity index (χ0n) is 8.24. The highest BCUT2D eigenvalue weighted by Crippen LogP contribution is 2.28. The molecule has 1 nitrogen and oxygen atoms in total. The third kappa shape index (κ3) is 2.43. The molecule has 15 heavy (non-hydrogen) atoms. The number of benzene rings is 1. The number of rotatable bonds is 3. The summed E-state index contributed by atoms with van der Waals surface area (Å²) in [6.45, 7) is 0.656. The van der Waals surface area contributed by atoms with Gasteiger partial charge in [-0.3, -0.25) is 0 Å². The fraction of sp³-hybridized carbons (Fsp3) is 0.167. The molecule has 0 saturated heterocycles. The molecule has 2 aromatic rings. The van der Waals surface area contributed by atoms with Gasteiger partial charge in [0, 0.05) is 9.75 Å². The topological polar surface area (TPSA) is 26.0 Å². The molecule has 1 heterocycles. The van der Waals surface area contributed by atoms with Gasteiger partial charge in [0.05, 0.1) is 0 Å². The van der Waals surface area contributed by atoms with Gasteiger partial charge in [-0.2, -0.15) is 0 Å². The fourth-order valence-corrected chi connectivity index (χ4v) is 2.47. The Morgan fingerprint density at radius 3 is 2.80 bits per heavy atom. The average Bonchev–Trinajstić information content (AvgIpc) is 2.67. The van der Waals surface area contributed by atoms with Crippen LogP contribution in [0, 0.1) is 5.82 Å². The van der Waals surface area contributed by atoms with Crippen LogP contribution in [-0.2, 0) is 6.42 Å². The van der Waals surface area contributed by atoms with Crippen LogP contribution in [0.25, 0.3) is 10.4 Å². The minimum Gasteiger partial charge on any atom is -0.330 e. The highest BCUT2D eigenvalue weighted by molar-refractivity contribution is 7.15. The van der Waals surface area contributed by atoms with Crippen molar-refractivity contribution in [2.75, 3.05) is 6.54 Å². The molecule has 3 heteroatoms. The van der Waals surface area contributed by atoms with Crippen molar-refractivity contribution in [1.82, 2.24) is 0 Å². The van der Waals surface area contributed by atoms with Crippen molar-refractivity contribution >= 4 is 11.3 Å². The van der Waals surface area contributed by atoms with E-state index in [0.717, 1.165) is 16.9 Å². The van der Waals surface area contributed by atoms with E-state index in [1.165, 1.54) is 10.9 Å². The zero-order chi connectivity index (χ0) is 10.7. The van der Waals surface area contributed by atoms with E-state index < -0.39 is 0 Å². The van der Waals surface area contributed by atoms with E-state index in [-0.39, 0.29) is 5.82 Å². The van der Waals surface area contributed by atoms with E-state index in [9.17, 15) is 4.39 Å². The van der Waals surface area contributed by atoms with E-state index in [2.05, 4.69) is 6.07 Å². The summed E-state index contributed by atoms with van der Waals surface area (Å²) in [7, 11) is 0. The van der Waals surface area contributed by atoms with E-state index in [1.54, 1.807) is 23.5 Å². The van der Waals surface area contributed by atoms with Gasteiger partial charge in [0.25, 0.3) is 0 Å². The monoisotopic (exact) mass is 221 g/mol. The van der Waals surface area contributed by atoms with Crippen molar-refractivity contribution in [2.24, 2.45) is 5.73 Å². The van der Waals surface area contributed by atoms with Gasteiger partial charge in [0.1, 0.15) is 5.82 Å². The normalized spacial score (nSPS) is 10.5. The Morgan fingerprint density at radius 2 is 2.07 bits per heavy atom. The predicted molar refractivity (Wildman–Crippen MR) is 62.5 cm³/mol. The van der Waals surface area contributed by atoms with Crippen molar-refractivity contribution in [3.8, 4) is 10.4 Å². The van der Waals surface area contributed by atoms with Crippen molar-refractivity contribution in [3.63, 3.8) is 0 Å². The van der Waals surface area contributed by atoms with Crippen molar-refractivity contribution in [3.05, 3.63) is 47.1 Å². The van der Waals surface area contributed by atoms with Crippen LogP contribution in [0.5, 0.6) is 0 Å². The van der Waals surface area contributed by atoms with E-state index in [1.807, 2.05) is 12.1 Å². The maximum Gasteiger partial charge on any atom is 0.123 e. The van der Waals surface area contributed by atoms with Crippen molar-refractivity contribution in [1.29, 1.82) is 0 Å². The second-order valence-corrected chi connectivity index (χ2v) is 4.48. The molecular formula is C12H12FNS. The third-order valence-corrected chi connectivity index (χ3v) is 3.36. The first-order valence-electron chi connectivity index (χ1n) is 4.84. The number of hydrogen-bond acceptors (Lipinski definition) is 2. The largest absolute Gasteiger partial charge is 0.330 e. The molecule has 1 aromatic heterocycles. The second kappa shape index (κ2) is 4.55. The number of hydrogen-bond donors (Lipinski definition) is 1. The van der Waals surface area contributed by atoms with Gasteiger partial charge in [0.2, 0.25) is 0 Å². The molecule has 0 saturated carbocycles. The molecule has 1 aromatic carbocycles. The molecular weight excluding hydrogens is 209 g/mol. The molecule has 78 valence electrons. The van der Waals surface area contributed by atoms with E-state index in [0.29, 0.717) is 6.54 Å². The fourth-order valence-electron chi connectivity index (χ4n) is 1.45. The summed E-state index contributed by atoms with van der Waals surface area (Å²) in [5.41, 5.74) is 6.41. The maximum absolute atomic E-state index is 13.0. The Labute approximate surface area is 92.4 Å². The minimum absolute atomic E-state index is 0.193. The molecule has 2 N–H and O–H groups in total. The van der Waals surface area contributed by atoms with Crippen LogP contribution in [0.4, 0.5) is 4.39 Å². The predicted octanol–water partition coefficient (Wildman–Crippen LogP) is 3.06. The maximum atomic E-state index is 13.0. The summed E-state index contributed by atoms with van der Waals surface area (Å²) in [6, 6.07) is 10.7. The summed E-state index contributed by atoms with van der Waals surface area (Å²) in [4.78, 5) is 2.34. The lowest BCUT2D eigenvalue weighted by atomic mass is 10.2. The molecule has 2 rings (SSSR count). The molecule has 0 fully saturated rings. The quantitative estimate of drug-likeness (QED) is 0.847. The molecule has 0 unspecified atom stereocenters. The van der Waals surface area contributed by atoms with Gasteiger partial charge < -0.3 is 5.73 Å². The first kappa shape index (κ1) is 10.3. The van der Waals surface area contributed by atoms with Gasteiger partial charge in [-0.05, 0) is 42.8 Å². The van der Waals surface area contributed by atoms with Gasteiger partial charge in [0.15, 0.2) is 0 Å². The van der Waals surface area contributed by atoms with Gasteiger partial charge in [-0.1, -0.05) is 12.1 Å². The van der Waals surface area contributed by atoms with Gasteiger partial charge >= 0.3 is 0 Å². The Hall–Kier alpha value is -1.19. The van der Waals surface area contributed by atoms with Gasteiger partial charge in [-0.25, -0.2) is 4.39 Å². The number of halogens is 1. The molecule has 0 aliphatic heterocycles. The van der Waals surface area contributed by atoms with Crippen LogP contribution in [0.15, 0.2) is 36.4 Å². The molecule has 0 bridgehead atoms. The highest BCUT2D eigenvalue weighted by Gasteiger charge is 2.03. The van der Waals surface area contributed by atoms with Crippen molar-refractivity contribution < 1.29 is 4.39 Å². The molecule has 0 aliphatic rings. The first-order chi connectivity index (χ1) is 7.29. The summed E-state index contributed by atoms with van der Waals surface area (Å²) >= 11 is 1.67. The summed E-state index contributed by atoms with van der Waals surface area (Å²) < 4.78 is 13.0. The summed E-state index contributed by atoms with van der Waals surface area (Å²) in [6.07, 6.45) is 0.889. The average molecular weight is 221 g/mol.